The minimum absolute atomic E-state index is 0.0961. The van der Waals surface area contributed by atoms with E-state index in [0.717, 1.165) is 16.5 Å². The number of aromatic nitrogens is 2. The summed E-state index contributed by atoms with van der Waals surface area (Å²) in [6.07, 6.45) is 3.42. The van der Waals surface area contributed by atoms with Crippen molar-refractivity contribution in [1.82, 2.24) is 10.2 Å². The molecule has 0 spiro atoms. The van der Waals surface area contributed by atoms with Crippen LogP contribution in [0.25, 0.3) is 10.9 Å². The maximum Gasteiger partial charge on any atom is 0.143 e. The lowest BCUT2D eigenvalue weighted by Crippen LogP contribution is -1.81. The summed E-state index contributed by atoms with van der Waals surface area (Å²) in [5.74, 6) is -0.471. The highest BCUT2D eigenvalue weighted by Crippen LogP contribution is 2.21. The van der Waals surface area contributed by atoms with Crippen LogP contribution in [0.3, 0.4) is 0 Å². The molecular weight excluding hydrogens is 265 g/mol. The molecule has 1 N–H and O–H groups in total. The van der Waals surface area contributed by atoms with Gasteiger partial charge < -0.3 is 0 Å². The van der Waals surface area contributed by atoms with Crippen molar-refractivity contribution in [3.8, 4) is 0 Å². The molecule has 3 nitrogen and oxygen atoms in total. The average molecular weight is 274 g/mol. The molecule has 0 unspecified atom stereocenters. The number of H-pyrrole nitrogens is 1. The number of aromatic amines is 1. The Morgan fingerprint density at radius 1 is 1.21 bits per heavy atom. The Morgan fingerprint density at radius 3 is 2.95 bits per heavy atom. The quantitative estimate of drug-likeness (QED) is 0.702. The summed E-state index contributed by atoms with van der Waals surface area (Å²) in [6.45, 7) is 0. The molecule has 0 aliphatic carbocycles. The van der Waals surface area contributed by atoms with Crippen LogP contribution in [0.1, 0.15) is 5.56 Å². The van der Waals surface area contributed by atoms with Crippen molar-refractivity contribution < 1.29 is 4.39 Å². The van der Waals surface area contributed by atoms with Crippen molar-refractivity contribution >= 4 is 34.4 Å². The van der Waals surface area contributed by atoms with Crippen LogP contribution in [-0.2, 0) is 0 Å². The Labute approximate surface area is 113 Å². The molecule has 0 amide bonds. The highest BCUT2D eigenvalue weighted by molar-refractivity contribution is 6.30. The molecule has 94 valence electrons. The van der Waals surface area contributed by atoms with Crippen molar-refractivity contribution in [3.05, 3.63) is 59.0 Å². The largest absolute Gasteiger partial charge is 0.278 e. The van der Waals surface area contributed by atoms with Gasteiger partial charge in [0, 0.05) is 17.7 Å². The van der Waals surface area contributed by atoms with Crippen LogP contribution in [-0.4, -0.2) is 16.4 Å². The standard InChI is InChI=1S/C14H9ClFN3/c15-12-3-2-11(6-13(12)16)17-7-9-1-4-14-10(5-9)8-18-19-14/h1-8H,(H,18,19). The maximum atomic E-state index is 13.3. The van der Waals surface area contributed by atoms with Crippen LogP contribution in [0.15, 0.2) is 47.6 Å². The molecule has 1 heterocycles. The molecule has 0 saturated carbocycles. The van der Waals surface area contributed by atoms with Crippen LogP contribution in [0.4, 0.5) is 10.1 Å². The Morgan fingerprint density at radius 2 is 2.11 bits per heavy atom. The van der Waals surface area contributed by atoms with Crippen molar-refractivity contribution in [2.24, 2.45) is 4.99 Å². The zero-order valence-electron chi connectivity index (χ0n) is 9.77. The van der Waals surface area contributed by atoms with Gasteiger partial charge in [-0.1, -0.05) is 17.7 Å². The van der Waals surface area contributed by atoms with E-state index in [-0.39, 0.29) is 5.02 Å². The van der Waals surface area contributed by atoms with Gasteiger partial charge in [-0.2, -0.15) is 5.10 Å². The van der Waals surface area contributed by atoms with Gasteiger partial charge in [0.25, 0.3) is 0 Å². The van der Waals surface area contributed by atoms with E-state index in [4.69, 9.17) is 11.6 Å². The van der Waals surface area contributed by atoms with Crippen LogP contribution < -0.4 is 0 Å². The monoisotopic (exact) mass is 273 g/mol. The molecule has 3 rings (SSSR count). The number of rotatable bonds is 2. The first-order valence-corrected chi connectivity index (χ1v) is 6.02. The summed E-state index contributed by atoms with van der Waals surface area (Å²) in [4.78, 5) is 4.22. The van der Waals surface area contributed by atoms with E-state index in [0.29, 0.717) is 5.69 Å². The molecular formula is C14H9ClFN3. The predicted octanol–water partition coefficient (Wildman–Crippen LogP) is 4.11. The minimum Gasteiger partial charge on any atom is -0.278 e. The van der Waals surface area contributed by atoms with Gasteiger partial charge in [0.05, 0.1) is 22.4 Å². The third-order valence-corrected chi connectivity index (χ3v) is 3.04. The molecule has 0 fully saturated rings. The van der Waals surface area contributed by atoms with Crippen molar-refractivity contribution in [3.63, 3.8) is 0 Å². The molecule has 19 heavy (non-hydrogen) atoms. The number of hydrogen-bond donors (Lipinski definition) is 1. The normalized spacial score (nSPS) is 11.5. The van der Waals surface area contributed by atoms with Crippen LogP contribution in [0.2, 0.25) is 5.02 Å². The topological polar surface area (TPSA) is 41.0 Å². The van der Waals surface area contributed by atoms with E-state index >= 15 is 0 Å². The second kappa shape index (κ2) is 4.82. The van der Waals surface area contributed by atoms with Crippen molar-refractivity contribution in [2.75, 3.05) is 0 Å². The van der Waals surface area contributed by atoms with Gasteiger partial charge in [-0.05, 0) is 29.8 Å². The second-order valence-corrected chi connectivity index (χ2v) is 4.48. The van der Waals surface area contributed by atoms with Gasteiger partial charge in [-0.3, -0.25) is 10.1 Å². The van der Waals surface area contributed by atoms with E-state index in [1.54, 1.807) is 18.5 Å². The summed E-state index contributed by atoms with van der Waals surface area (Å²) >= 11 is 5.61. The summed E-state index contributed by atoms with van der Waals surface area (Å²) < 4.78 is 13.3. The number of benzene rings is 2. The Bertz CT molecular complexity index is 764. The minimum atomic E-state index is -0.471. The fourth-order valence-electron chi connectivity index (χ4n) is 1.76. The zero-order chi connectivity index (χ0) is 13.2. The molecule has 0 aliphatic rings. The highest BCUT2D eigenvalue weighted by atomic mass is 35.5. The second-order valence-electron chi connectivity index (χ2n) is 4.07. The predicted molar refractivity (Wildman–Crippen MR) is 74.8 cm³/mol. The van der Waals surface area contributed by atoms with Gasteiger partial charge in [0.15, 0.2) is 0 Å². The summed E-state index contributed by atoms with van der Waals surface area (Å²) in [7, 11) is 0. The first-order chi connectivity index (χ1) is 9.22. The number of nitrogens with one attached hydrogen (secondary N) is 1. The smallest absolute Gasteiger partial charge is 0.143 e. The van der Waals surface area contributed by atoms with E-state index in [9.17, 15) is 4.39 Å². The van der Waals surface area contributed by atoms with Crippen LogP contribution in [0, 0.1) is 5.82 Å². The van der Waals surface area contributed by atoms with E-state index in [2.05, 4.69) is 15.2 Å². The third kappa shape index (κ3) is 2.48. The summed E-state index contributed by atoms with van der Waals surface area (Å²) in [5, 5.41) is 7.93. The molecule has 0 bridgehead atoms. The fraction of sp³-hybridized carbons (Fsp3) is 0. The molecule has 0 saturated heterocycles. The number of fused-ring (bicyclic) bond motifs is 1. The fourth-order valence-corrected chi connectivity index (χ4v) is 1.87. The number of hydrogen-bond acceptors (Lipinski definition) is 2. The number of halogens is 2. The first kappa shape index (κ1) is 11.9. The molecule has 2 aromatic carbocycles. The van der Waals surface area contributed by atoms with Crippen molar-refractivity contribution in [2.45, 2.75) is 0 Å². The van der Waals surface area contributed by atoms with E-state index in [1.807, 2.05) is 18.2 Å². The lowest BCUT2D eigenvalue weighted by Gasteiger charge is -1.97. The van der Waals surface area contributed by atoms with Crippen LogP contribution in [0.5, 0.6) is 0 Å². The van der Waals surface area contributed by atoms with Gasteiger partial charge >= 0.3 is 0 Å². The van der Waals surface area contributed by atoms with E-state index < -0.39 is 5.82 Å². The highest BCUT2D eigenvalue weighted by Gasteiger charge is 2.00. The Kier molecular flexibility index (Phi) is 3.01. The first-order valence-electron chi connectivity index (χ1n) is 5.64. The molecule has 0 atom stereocenters. The van der Waals surface area contributed by atoms with Gasteiger partial charge in [0.1, 0.15) is 5.82 Å². The Balaban J connectivity index is 1.90. The average Bonchev–Trinajstić information content (AvgIpc) is 2.87. The third-order valence-electron chi connectivity index (χ3n) is 2.73. The van der Waals surface area contributed by atoms with E-state index in [1.165, 1.54) is 12.1 Å². The lowest BCUT2D eigenvalue weighted by molar-refractivity contribution is 0.628. The van der Waals surface area contributed by atoms with Gasteiger partial charge in [-0.15, -0.1) is 0 Å². The zero-order valence-corrected chi connectivity index (χ0v) is 10.5. The summed E-state index contributed by atoms with van der Waals surface area (Å²) in [5.41, 5.74) is 2.41. The maximum absolute atomic E-state index is 13.3. The molecule has 1 aromatic heterocycles. The lowest BCUT2D eigenvalue weighted by atomic mass is 10.2. The van der Waals surface area contributed by atoms with Gasteiger partial charge in [-0.25, -0.2) is 4.39 Å². The number of aliphatic imine (C=N–C) groups is 1. The Hall–Kier alpha value is -2.20. The molecule has 0 aliphatic heterocycles. The van der Waals surface area contributed by atoms with Crippen LogP contribution >= 0.6 is 11.6 Å². The molecule has 0 radical (unpaired) electrons. The SMILES string of the molecule is Fc1cc(N=Cc2ccc3[nH]ncc3c2)ccc1Cl. The summed E-state index contributed by atoms with van der Waals surface area (Å²) in [6, 6.07) is 10.2. The number of nitrogens with zero attached hydrogens (tertiary/aromatic N) is 2. The van der Waals surface area contributed by atoms with Gasteiger partial charge in [0.2, 0.25) is 0 Å². The molecule has 3 aromatic rings. The molecule has 5 heteroatoms. The van der Waals surface area contributed by atoms with Crippen molar-refractivity contribution in [1.29, 1.82) is 0 Å².